The zero-order valence-electron chi connectivity index (χ0n) is 10.8. The van der Waals surface area contributed by atoms with Gasteiger partial charge in [-0.25, -0.2) is 0 Å². The first kappa shape index (κ1) is 15.1. The molecule has 0 aliphatic carbocycles. The summed E-state index contributed by atoms with van der Waals surface area (Å²) in [6.45, 7) is 1.67. The lowest BCUT2D eigenvalue weighted by molar-refractivity contribution is 0.218. The molecule has 0 fully saturated rings. The summed E-state index contributed by atoms with van der Waals surface area (Å²) in [5.74, 6) is 2.08. The molecule has 0 aliphatic heterocycles. The Labute approximate surface area is 111 Å². The number of hydrogen-bond donors (Lipinski definition) is 1. The second-order valence-corrected chi connectivity index (χ2v) is 5.59. The van der Waals surface area contributed by atoms with Gasteiger partial charge in [-0.05, 0) is 24.1 Å². The molecule has 5 heteroatoms. The molecule has 1 rings (SSSR count). The van der Waals surface area contributed by atoms with Crippen LogP contribution in [0.15, 0.2) is 24.3 Å². The first-order valence-corrected chi connectivity index (χ1v) is 7.50. The van der Waals surface area contributed by atoms with Gasteiger partial charge >= 0.3 is 0 Å². The molecule has 1 atom stereocenters. The van der Waals surface area contributed by atoms with Gasteiger partial charge in [0.05, 0.1) is 13.2 Å². The largest absolute Gasteiger partial charge is 0.494 e. The fourth-order valence-corrected chi connectivity index (χ4v) is 2.41. The number of rotatable bonds is 9. The quantitative estimate of drug-likeness (QED) is 0.688. The molecule has 0 heterocycles. The molecular formula is C13H21NO3S. The Morgan fingerprint density at radius 1 is 1.17 bits per heavy atom. The van der Waals surface area contributed by atoms with E-state index >= 15 is 0 Å². The van der Waals surface area contributed by atoms with Crippen LogP contribution in [0.25, 0.3) is 0 Å². The van der Waals surface area contributed by atoms with Gasteiger partial charge in [0.1, 0.15) is 5.75 Å². The van der Waals surface area contributed by atoms with E-state index in [1.165, 1.54) is 0 Å². The molecule has 0 saturated heterocycles. The minimum absolute atomic E-state index is 0.540. The van der Waals surface area contributed by atoms with E-state index in [9.17, 15) is 4.21 Å². The second-order valence-electron chi connectivity index (χ2n) is 3.89. The van der Waals surface area contributed by atoms with Crippen molar-refractivity contribution < 1.29 is 13.7 Å². The van der Waals surface area contributed by atoms with Crippen molar-refractivity contribution >= 4 is 10.8 Å². The second kappa shape index (κ2) is 9.08. The fourth-order valence-electron chi connectivity index (χ4n) is 1.41. The van der Waals surface area contributed by atoms with Crippen LogP contribution in [0.4, 0.5) is 0 Å². The molecule has 0 aromatic heterocycles. The predicted molar refractivity (Wildman–Crippen MR) is 74.2 cm³/mol. The Hall–Kier alpha value is -0.910. The maximum absolute atomic E-state index is 11.5. The highest BCUT2D eigenvalue weighted by molar-refractivity contribution is 7.84. The highest BCUT2D eigenvalue weighted by Gasteiger charge is 2.00. The molecule has 4 nitrogen and oxygen atoms in total. The summed E-state index contributed by atoms with van der Waals surface area (Å²) in [6, 6.07) is 7.71. The number of hydrogen-bond acceptors (Lipinski definition) is 4. The van der Waals surface area contributed by atoms with E-state index in [1.54, 1.807) is 7.11 Å². The van der Waals surface area contributed by atoms with Crippen LogP contribution in [0, 0.1) is 0 Å². The van der Waals surface area contributed by atoms with Gasteiger partial charge in [0.2, 0.25) is 0 Å². The third-order valence-corrected chi connectivity index (χ3v) is 3.83. The van der Waals surface area contributed by atoms with Crippen molar-refractivity contribution in [2.75, 3.05) is 31.8 Å². The van der Waals surface area contributed by atoms with Crippen molar-refractivity contribution in [2.24, 2.45) is 5.73 Å². The van der Waals surface area contributed by atoms with Crippen molar-refractivity contribution in [3.8, 4) is 5.75 Å². The van der Waals surface area contributed by atoms with Gasteiger partial charge in [-0.15, -0.1) is 0 Å². The van der Waals surface area contributed by atoms with Gasteiger partial charge in [-0.3, -0.25) is 4.21 Å². The Kier molecular flexibility index (Phi) is 7.64. The van der Waals surface area contributed by atoms with Crippen LogP contribution in [-0.2, 0) is 22.1 Å². The highest BCUT2D eigenvalue weighted by atomic mass is 32.2. The van der Waals surface area contributed by atoms with E-state index in [2.05, 4.69) is 0 Å². The molecule has 18 heavy (non-hydrogen) atoms. The number of ether oxygens (including phenoxy) is 2. The van der Waals surface area contributed by atoms with Crippen molar-refractivity contribution in [1.82, 2.24) is 0 Å². The first-order valence-electron chi connectivity index (χ1n) is 6.02. The Bertz CT molecular complexity index is 354. The van der Waals surface area contributed by atoms with Crippen LogP contribution in [0.3, 0.4) is 0 Å². The Morgan fingerprint density at radius 2 is 1.89 bits per heavy atom. The van der Waals surface area contributed by atoms with Crippen LogP contribution >= 0.6 is 0 Å². The lowest BCUT2D eigenvalue weighted by Gasteiger charge is -2.06. The summed E-state index contributed by atoms with van der Waals surface area (Å²) in [6.07, 6.45) is 0.787. The summed E-state index contributed by atoms with van der Waals surface area (Å²) < 4.78 is 21.9. The predicted octanol–water partition coefficient (Wildman–Crippen LogP) is 1.31. The van der Waals surface area contributed by atoms with Gasteiger partial charge in [-0.1, -0.05) is 12.1 Å². The highest BCUT2D eigenvalue weighted by Crippen LogP contribution is 2.11. The van der Waals surface area contributed by atoms with Crippen LogP contribution in [0.1, 0.15) is 12.0 Å². The third kappa shape index (κ3) is 6.14. The maximum atomic E-state index is 11.5. The molecule has 0 amide bonds. The monoisotopic (exact) mass is 271 g/mol. The molecule has 0 saturated carbocycles. The minimum atomic E-state index is -0.804. The summed E-state index contributed by atoms with van der Waals surface area (Å²) >= 11 is 0. The molecule has 102 valence electrons. The zero-order chi connectivity index (χ0) is 13.2. The van der Waals surface area contributed by atoms with Gasteiger partial charge in [0, 0.05) is 36.0 Å². The Morgan fingerprint density at radius 3 is 2.50 bits per heavy atom. The third-order valence-electron chi connectivity index (χ3n) is 2.46. The fraction of sp³-hybridized carbons (Fsp3) is 0.538. The smallest absolute Gasteiger partial charge is 0.119 e. The molecule has 0 aliphatic rings. The lowest BCUT2D eigenvalue weighted by Crippen LogP contribution is -2.10. The van der Waals surface area contributed by atoms with Crippen molar-refractivity contribution in [2.45, 2.75) is 13.0 Å². The normalized spacial score (nSPS) is 12.3. The van der Waals surface area contributed by atoms with Crippen LogP contribution < -0.4 is 10.5 Å². The molecule has 2 N–H and O–H groups in total. The van der Waals surface area contributed by atoms with E-state index in [4.69, 9.17) is 15.2 Å². The molecule has 0 spiro atoms. The van der Waals surface area contributed by atoms with Gasteiger partial charge in [0.15, 0.2) is 0 Å². The van der Waals surface area contributed by atoms with E-state index in [1.807, 2.05) is 24.3 Å². The van der Waals surface area contributed by atoms with Crippen LogP contribution in [0.2, 0.25) is 0 Å². The topological polar surface area (TPSA) is 61.5 Å². The molecule has 0 bridgehead atoms. The van der Waals surface area contributed by atoms with E-state index in [-0.39, 0.29) is 0 Å². The average Bonchev–Trinajstić information content (AvgIpc) is 2.42. The molecular weight excluding hydrogens is 250 g/mol. The van der Waals surface area contributed by atoms with E-state index in [0.29, 0.717) is 31.3 Å². The SMILES string of the molecule is COCCS(=O)CCCOc1ccc(CN)cc1. The van der Waals surface area contributed by atoms with Crippen molar-refractivity contribution in [3.63, 3.8) is 0 Å². The number of benzene rings is 1. The van der Waals surface area contributed by atoms with Gasteiger partial charge in [-0.2, -0.15) is 0 Å². The van der Waals surface area contributed by atoms with Crippen LogP contribution in [-0.4, -0.2) is 36.0 Å². The standard InChI is InChI=1S/C13H21NO3S/c1-16-8-10-18(15)9-2-7-17-13-5-3-12(11-14)4-6-13/h3-6H,2,7-11,14H2,1H3. The van der Waals surface area contributed by atoms with E-state index < -0.39 is 10.8 Å². The Balaban J connectivity index is 2.15. The average molecular weight is 271 g/mol. The van der Waals surface area contributed by atoms with Crippen molar-refractivity contribution in [3.05, 3.63) is 29.8 Å². The lowest BCUT2D eigenvalue weighted by atomic mass is 10.2. The van der Waals surface area contributed by atoms with Gasteiger partial charge in [0.25, 0.3) is 0 Å². The number of nitrogens with two attached hydrogens (primary N) is 1. The summed E-state index contributed by atoms with van der Waals surface area (Å²) in [4.78, 5) is 0. The molecule has 1 aromatic rings. The van der Waals surface area contributed by atoms with E-state index in [0.717, 1.165) is 17.7 Å². The minimum Gasteiger partial charge on any atom is -0.494 e. The molecule has 1 aromatic carbocycles. The maximum Gasteiger partial charge on any atom is 0.119 e. The summed E-state index contributed by atoms with van der Waals surface area (Å²) in [5.41, 5.74) is 6.60. The zero-order valence-corrected chi connectivity index (χ0v) is 11.6. The molecule has 1 unspecified atom stereocenters. The molecule has 0 radical (unpaired) electrons. The van der Waals surface area contributed by atoms with Gasteiger partial charge < -0.3 is 15.2 Å². The van der Waals surface area contributed by atoms with Crippen LogP contribution in [0.5, 0.6) is 5.75 Å². The number of methoxy groups -OCH3 is 1. The summed E-state index contributed by atoms with van der Waals surface area (Å²) in [7, 11) is 0.812. The first-order chi connectivity index (χ1) is 8.76. The van der Waals surface area contributed by atoms with Crippen molar-refractivity contribution in [1.29, 1.82) is 0 Å². The summed E-state index contributed by atoms with van der Waals surface area (Å²) in [5, 5.41) is 0.